The second kappa shape index (κ2) is 8.60. The van der Waals surface area contributed by atoms with Crippen LogP contribution in [-0.4, -0.2) is 19.2 Å². The monoisotopic (exact) mass is 376 g/mol. The normalized spacial score (nSPS) is 15.1. The average Bonchev–Trinajstić information content (AvgIpc) is 2.75. The Bertz CT molecular complexity index is 838. The van der Waals surface area contributed by atoms with Crippen molar-refractivity contribution in [1.82, 2.24) is 0 Å². The van der Waals surface area contributed by atoms with Crippen molar-refractivity contribution in [3.05, 3.63) is 89.4 Å². The minimum absolute atomic E-state index is 0.329. The van der Waals surface area contributed by atoms with Gasteiger partial charge in [-0.15, -0.1) is 0 Å². The van der Waals surface area contributed by atoms with Gasteiger partial charge in [0, 0.05) is 23.8 Å². The second-order valence-electron chi connectivity index (χ2n) is 6.95. The number of rotatable bonds is 5. The predicted molar refractivity (Wildman–Crippen MR) is 112 cm³/mol. The first-order valence-electron chi connectivity index (χ1n) is 9.46. The Hall–Kier alpha value is -2.29. The summed E-state index contributed by atoms with van der Waals surface area (Å²) in [5.41, 5.74) is 4.81. The highest BCUT2D eigenvalue weighted by Gasteiger charge is 2.20. The maximum Gasteiger partial charge on any atom is 0.0720 e. The molecule has 0 aromatic heterocycles. The maximum atomic E-state index is 6.10. The highest BCUT2D eigenvalue weighted by atomic mass is 35.5. The molecule has 2 nitrogen and oxygen atoms in total. The van der Waals surface area contributed by atoms with Gasteiger partial charge in [0.2, 0.25) is 0 Å². The van der Waals surface area contributed by atoms with Crippen molar-refractivity contribution in [3.8, 4) is 11.1 Å². The van der Waals surface area contributed by atoms with E-state index < -0.39 is 0 Å². The maximum absolute atomic E-state index is 6.10. The molecule has 1 saturated heterocycles. The van der Waals surface area contributed by atoms with Crippen LogP contribution in [0.1, 0.15) is 18.4 Å². The quantitative estimate of drug-likeness (QED) is 0.542. The van der Waals surface area contributed by atoms with Gasteiger partial charge < -0.3 is 9.64 Å². The summed E-state index contributed by atoms with van der Waals surface area (Å²) in [7, 11) is 0. The van der Waals surface area contributed by atoms with Gasteiger partial charge in [0.15, 0.2) is 0 Å². The van der Waals surface area contributed by atoms with Crippen LogP contribution in [0.2, 0.25) is 5.02 Å². The Morgan fingerprint density at radius 1 is 0.926 bits per heavy atom. The number of halogens is 1. The van der Waals surface area contributed by atoms with Crippen LogP contribution in [0.5, 0.6) is 0 Å². The third-order valence-electron chi connectivity index (χ3n) is 5.09. The van der Waals surface area contributed by atoms with Crippen LogP contribution < -0.4 is 4.90 Å². The summed E-state index contributed by atoms with van der Waals surface area (Å²) in [5.74, 6) is 0. The van der Waals surface area contributed by atoms with E-state index in [1.165, 1.54) is 16.8 Å². The van der Waals surface area contributed by atoms with E-state index >= 15 is 0 Å². The van der Waals surface area contributed by atoms with Gasteiger partial charge in [-0.05, 0) is 59.9 Å². The number of anilines is 1. The van der Waals surface area contributed by atoms with E-state index in [9.17, 15) is 0 Å². The van der Waals surface area contributed by atoms with Crippen molar-refractivity contribution in [3.63, 3.8) is 0 Å². The van der Waals surface area contributed by atoms with Gasteiger partial charge >= 0.3 is 0 Å². The summed E-state index contributed by atoms with van der Waals surface area (Å²) in [5, 5.41) is 0.767. The Balaban J connectivity index is 1.29. The Morgan fingerprint density at radius 3 is 2.33 bits per heavy atom. The molecule has 0 saturated carbocycles. The van der Waals surface area contributed by atoms with Crippen molar-refractivity contribution in [2.24, 2.45) is 0 Å². The fraction of sp³-hybridized carbons (Fsp3) is 0.250. The molecule has 3 heteroatoms. The molecule has 1 radical (unpaired) electrons. The summed E-state index contributed by atoms with van der Waals surface area (Å²) in [4.78, 5) is 2.45. The molecule has 0 bridgehead atoms. The zero-order chi connectivity index (χ0) is 18.5. The molecule has 1 fully saturated rings. The number of hydrogen-bond donors (Lipinski definition) is 0. The van der Waals surface area contributed by atoms with Crippen LogP contribution in [0.15, 0.2) is 72.8 Å². The van der Waals surface area contributed by atoms with Crippen LogP contribution >= 0.6 is 11.6 Å². The number of ether oxygens (including phenoxy) is 1. The minimum Gasteiger partial charge on any atom is -0.373 e. The van der Waals surface area contributed by atoms with Gasteiger partial charge in [0.05, 0.1) is 12.7 Å². The van der Waals surface area contributed by atoms with Gasteiger partial charge in [0.1, 0.15) is 0 Å². The summed E-state index contributed by atoms with van der Waals surface area (Å²) in [6.45, 7) is 2.72. The molecule has 0 aliphatic carbocycles. The van der Waals surface area contributed by atoms with Crippen LogP contribution in [0.4, 0.5) is 5.69 Å². The van der Waals surface area contributed by atoms with E-state index in [0.29, 0.717) is 12.7 Å². The number of hydrogen-bond acceptors (Lipinski definition) is 2. The summed E-state index contributed by atoms with van der Waals surface area (Å²) in [6.07, 6.45) is 2.44. The summed E-state index contributed by atoms with van der Waals surface area (Å²) >= 11 is 5.93. The fourth-order valence-electron chi connectivity index (χ4n) is 3.50. The van der Waals surface area contributed by atoms with Crippen LogP contribution in [0.3, 0.4) is 0 Å². The van der Waals surface area contributed by atoms with Crippen molar-refractivity contribution in [2.75, 3.05) is 18.0 Å². The molecule has 4 rings (SSSR count). The molecule has 1 aliphatic rings. The molecule has 1 heterocycles. The third-order valence-corrected chi connectivity index (χ3v) is 5.35. The van der Waals surface area contributed by atoms with Crippen molar-refractivity contribution in [2.45, 2.75) is 25.6 Å². The van der Waals surface area contributed by atoms with E-state index in [0.717, 1.165) is 36.5 Å². The molecule has 0 N–H and O–H groups in total. The largest absolute Gasteiger partial charge is 0.373 e. The average molecular weight is 377 g/mol. The molecule has 0 amide bonds. The Morgan fingerprint density at radius 2 is 1.67 bits per heavy atom. The van der Waals surface area contributed by atoms with Crippen molar-refractivity contribution >= 4 is 17.3 Å². The van der Waals surface area contributed by atoms with E-state index in [-0.39, 0.29) is 0 Å². The van der Waals surface area contributed by atoms with E-state index in [2.05, 4.69) is 47.4 Å². The first-order chi connectivity index (χ1) is 13.3. The highest BCUT2D eigenvalue weighted by Crippen LogP contribution is 2.26. The van der Waals surface area contributed by atoms with Crippen molar-refractivity contribution in [1.29, 1.82) is 0 Å². The van der Waals surface area contributed by atoms with Crippen LogP contribution in [-0.2, 0) is 11.3 Å². The zero-order valence-corrected chi connectivity index (χ0v) is 16.0. The molecular weight excluding hydrogens is 354 g/mol. The second-order valence-corrected chi connectivity index (χ2v) is 7.38. The van der Waals surface area contributed by atoms with Gasteiger partial charge in [-0.3, -0.25) is 0 Å². The lowest BCUT2D eigenvalue weighted by Gasteiger charge is -2.33. The van der Waals surface area contributed by atoms with E-state index in [1.54, 1.807) is 0 Å². The smallest absolute Gasteiger partial charge is 0.0720 e. The van der Waals surface area contributed by atoms with Gasteiger partial charge in [-0.1, -0.05) is 60.1 Å². The summed E-state index contributed by atoms with van der Waals surface area (Å²) in [6, 6.07) is 28.1. The van der Waals surface area contributed by atoms with Crippen LogP contribution in [0, 0.1) is 6.07 Å². The molecular formula is C24H23ClNO. The first-order valence-corrected chi connectivity index (χ1v) is 9.84. The Kier molecular flexibility index (Phi) is 5.76. The zero-order valence-electron chi connectivity index (χ0n) is 15.3. The van der Waals surface area contributed by atoms with E-state index in [4.69, 9.17) is 16.3 Å². The molecule has 0 spiro atoms. The number of piperidine rings is 1. The molecule has 1 aliphatic heterocycles. The van der Waals surface area contributed by atoms with Gasteiger partial charge in [0.25, 0.3) is 0 Å². The molecule has 3 aromatic carbocycles. The van der Waals surface area contributed by atoms with Gasteiger partial charge in [-0.25, -0.2) is 0 Å². The molecule has 0 unspecified atom stereocenters. The SMILES string of the molecule is Clc1ccc(COC2CCN(c3ccc(-c4[c]cccc4)cc3)CC2)cc1. The first kappa shape index (κ1) is 18.1. The highest BCUT2D eigenvalue weighted by molar-refractivity contribution is 6.30. The van der Waals surface area contributed by atoms with Gasteiger partial charge in [-0.2, -0.15) is 0 Å². The lowest BCUT2D eigenvalue weighted by Crippen LogP contribution is -2.36. The van der Waals surface area contributed by atoms with Crippen molar-refractivity contribution < 1.29 is 4.74 Å². The standard InChI is InChI=1S/C24H23ClNO/c25-22-10-6-19(7-11-22)18-27-24-14-16-26(17-15-24)23-12-8-21(9-13-23)20-4-2-1-3-5-20/h1-4,6-13,24H,14-18H2. The lowest BCUT2D eigenvalue weighted by atomic mass is 10.0. The number of nitrogens with zero attached hydrogens (tertiary/aromatic N) is 1. The van der Waals surface area contributed by atoms with E-state index in [1.807, 2.05) is 36.4 Å². The molecule has 3 aromatic rings. The third kappa shape index (κ3) is 4.71. The summed E-state index contributed by atoms with van der Waals surface area (Å²) < 4.78 is 6.10. The lowest BCUT2D eigenvalue weighted by molar-refractivity contribution is 0.0251. The topological polar surface area (TPSA) is 12.5 Å². The molecule has 137 valence electrons. The predicted octanol–water partition coefficient (Wildman–Crippen LogP) is 5.99. The molecule has 0 atom stereocenters. The fourth-order valence-corrected chi connectivity index (χ4v) is 3.63. The number of benzene rings is 3. The minimum atomic E-state index is 0.329. The van der Waals surface area contributed by atoms with Crippen LogP contribution in [0.25, 0.3) is 11.1 Å². The Labute approximate surface area is 166 Å². The molecule has 27 heavy (non-hydrogen) atoms.